The van der Waals surface area contributed by atoms with Gasteiger partial charge in [-0.2, -0.15) is 17.6 Å². The highest BCUT2D eigenvalue weighted by atomic mass is 19.4. The lowest BCUT2D eigenvalue weighted by atomic mass is 10.2. The van der Waals surface area contributed by atoms with Crippen LogP contribution in [0.5, 0.6) is 0 Å². The van der Waals surface area contributed by atoms with Crippen LogP contribution in [0.15, 0.2) is 12.1 Å². The fraction of sp³-hybridized carbons (Fsp3) is 0.500. The summed E-state index contributed by atoms with van der Waals surface area (Å²) in [5.41, 5.74) is -1.10. The molecule has 1 rings (SSSR count). The minimum absolute atomic E-state index is 0.112. The van der Waals surface area contributed by atoms with E-state index in [-0.39, 0.29) is 12.1 Å². The van der Waals surface area contributed by atoms with Crippen LogP contribution in [0, 0.1) is 5.95 Å². The van der Waals surface area contributed by atoms with Gasteiger partial charge < -0.3 is 5.32 Å². The molecule has 1 aromatic heterocycles. The first-order valence-electron chi connectivity index (χ1n) is 4.82. The molecule has 0 fully saturated rings. The zero-order valence-electron chi connectivity index (χ0n) is 9.32. The van der Waals surface area contributed by atoms with Crippen molar-refractivity contribution in [2.75, 3.05) is 7.05 Å². The van der Waals surface area contributed by atoms with E-state index >= 15 is 0 Å². The third-order valence-electron chi connectivity index (χ3n) is 1.58. The van der Waals surface area contributed by atoms with Crippen molar-refractivity contribution < 1.29 is 17.6 Å². The SMILES string of the molecule is CC.CNCc1ccc(C(F)(F)F)nc1F. The van der Waals surface area contributed by atoms with Gasteiger partial charge in [0.05, 0.1) is 0 Å². The summed E-state index contributed by atoms with van der Waals surface area (Å²) in [7, 11) is 1.57. The van der Waals surface area contributed by atoms with Gasteiger partial charge in [-0.25, -0.2) is 4.98 Å². The highest BCUT2D eigenvalue weighted by Crippen LogP contribution is 2.27. The van der Waals surface area contributed by atoms with E-state index in [4.69, 9.17) is 0 Å². The van der Waals surface area contributed by atoms with Gasteiger partial charge in [0.15, 0.2) is 0 Å². The largest absolute Gasteiger partial charge is 0.433 e. The molecule has 92 valence electrons. The quantitative estimate of drug-likeness (QED) is 0.633. The molecule has 0 unspecified atom stereocenters. The Kier molecular flexibility index (Phi) is 5.95. The third-order valence-corrected chi connectivity index (χ3v) is 1.58. The van der Waals surface area contributed by atoms with Crippen molar-refractivity contribution >= 4 is 0 Å². The molecule has 2 nitrogen and oxygen atoms in total. The number of hydrogen-bond acceptors (Lipinski definition) is 2. The minimum Gasteiger partial charge on any atom is -0.316 e. The van der Waals surface area contributed by atoms with Crippen LogP contribution in [-0.2, 0) is 12.7 Å². The molecule has 1 heterocycles. The monoisotopic (exact) mass is 238 g/mol. The van der Waals surface area contributed by atoms with Gasteiger partial charge in [-0.15, -0.1) is 0 Å². The van der Waals surface area contributed by atoms with Gasteiger partial charge in [0, 0.05) is 12.1 Å². The fourth-order valence-corrected chi connectivity index (χ4v) is 0.943. The highest BCUT2D eigenvalue weighted by molar-refractivity contribution is 5.17. The van der Waals surface area contributed by atoms with Crippen LogP contribution in [0.2, 0.25) is 0 Å². The molecule has 0 aromatic carbocycles. The van der Waals surface area contributed by atoms with Crippen LogP contribution in [0.4, 0.5) is 17.6 Å². The summed E-state index contributed by atoms with van der Waals surface area (Å²) >= 11 is 0. The molecule has 0 saturated carbocycles. The predicted octanol–water partition coefficient (Wildman–Crippen LogP) is 2.99. The Morgan fingerprint density at radius 1 is 1.25 bits per heavy atom. The number of aromatic nitrogens is 1. The third kappa shape index (κ3) is 4.14. The van der Waals surface area contributed by atoms with Gasteiger partial charge in [-0.05, 0) is 13.1 Å². The van der Waals surface area contributed by atoms with Crippen molar-refractivity contribution in [3.63, 3.8) is 0 Å². The molecular weight excluding hydrogens is 224 g/mol. The maximum atomic E-state index is 12.9. The zero-order chi connectivity index (χ0) is 12.8. The van der Waals surface area contributed by atoms with E-state index in [2.05, 4.69) is 10.3 Å². The molecule has 0 amide bonds. The molecule has 0 aliphatic heterocycles. The number of alkyl halides is 3. The molecular formula is C10H14F4N2. The standard InChI is InChI=1S/C8H8F4N2.C2H6/c1-13-4-5-2-3-6(8(10,11)12)14-7(5)9;1-2/h2-3,13H,4H2,1H3;1-2H3. The number of hydrogen-bond donors (Lipinski definition) is 1. The number of halogens is 4. The van der Waals surface area contributed by atoms with E-state index < -0.39 is 17.8 Å². The van der Waals surface area contributed by atoms with Crippen LogP contribution < -0.4 is 5.32 Å². The van der Waals surface area contributed by atoms with E-state index in [0.29, 0.717) is 0 Å². The molecule has 0 saturated heterocycles. The van der Waals surface area contributed by atoms with Crippen molar-refractivity contribution in [3.8, 4) is 0 Å². The normalized spacial score (nSPS) is 10.7. The summed E-state index contributed by atoms with van der Waals surface area (Å²) in [4.78, 5) is 2.83. The molecule has 16 heavy (non-hydrogen) atoms. The summed E-state index contributed by atoms with van der Waals surface area (Å²) in [5, 5.41) is 2.62. The molecule has 0 aliphatic carbocycles. The second kappa shape index (κ2) is 6.42. The Hall–Kier alpha value is -1.17. The smallest absolute Gasteiger partial charge is 0.316 e. The van der Waals surface area contributed by atoms with Gasteiger partial charge in [-0.3, -0.25) is 0 Å². The molecule has 0 atom stereocenters. The van der Waals surface area contributed by atoms with Gasteiger partial charge in [0.1, 0.15) is 5.69 Å². The van der Waals surface area contributed by atoms with E-state index in [1.165, 1.54) is 0 Å². The van der Waals surface area contributed by atoms with Crippen LogP contribution in [0.3, 0.4) is 0 Å². The number of nitrogens with zero attached hydrogens (tertiary/aromatic N) is 1. The maximum Gasteiger partial charge on any atom is 0.433 e. The lowest BCUT2D eigenvalue weighted by molar-refractivity contribution is -0.141. The Morgan fingerprint density at radius 2 is 1.81 bits per heavy atom. The number of pyridine rings is 1. The molecule has 6 heteroatoms. The Balaban J connectivity index is 0.00000106. The van der Waals surface area contributed by atoms with E-state index in [1.807, 2.05) is 13.8 Å². The van der Waals surface area contributed by atoms with Gasteiger partial charge in [0.2, 0.25) is 5.95 Å². The molecule has 0 radical (unpaired) electrons. The van der Waals surface area contributed by atoms with Crippen molar-refractivity contribution in [2.45, 2.75) is 26.6 Å². The molecule has 0 spiro atoms. The topological polar surface area (TPSA) is 24.9 Å². The van der Waals surface area contributed by atoms with Gasteiger partial charge >= 0.3 is 6.18 Å². The van der Waals surface area contributed by atoms with Crippen LogP contribution >= 0.6 is 0 Å². The van der Waals surface area contributed by atoms with Crippen molar-refractivity contribution in [2.24, 2.45) is 0 Å². The summed E-state index contributed by atoms with van der Waals surface area (Å²) in [6.45, 7) is 4.15. The van der Waals surface area contributed by atoms with Crippen molar-refractivity contribution in [3.05, 3.63) is 29.3 Å². The zero-order valence-corrected chi connectivity index (χ0v) is 9.32. The predicted molar refractivity (Wildman–Crippen MR) is 53.3 cm³/mol. The maximum absolute atomic E-state index is 12.9. The van der Waals surface area contributed by atoms with Crippen LogP contribution in [-0.4, -0.2) is 12.0 Å². The van der Waals surface area contributed by atoms with Crippen molar-refractivity contribution in [1.82, 2.24) is 10.3 Å². The number of rotatable bonds is 2. The summed E-state index contributed by atoms with van der Waals surface area (Å²) < 4.78 is 49.0. The van der Waals surface area contributed by atoms with E-state index in [0.717, 1.165) is 12.1 Å². The van der Waals surface area contributed by atoms with Crippen LogP contribution in [0.1, 0.15) is 25.1 Å². The molecule has 1 N–H and O–H groups in total. The molecule has 0 bridgehead atoms. The first kappa shape index (κ1) is 14.8. The average Bonchev–Trinajstić information content (AvgIpc) is 2.23. The minimum atomic E-state index is -4.60. The average molecular weight is 238 g/mol. The van der Waals surface area contributed by atoms with Gasteiger partial charge in [-0.1, -0.05) is 19.9 Å². The van der Waals surface area contributed by atoms with Crippen molar-refractivity contribution in [1.29, 1.82) is 0 Å². The first-order valence-corrected chi connectivity index (χ1v) is 4.82. The second-order valence-electron chi connectivity index (χ2n) is 2.67. The van der Waals surface area contributed by atoms with E-state index in [9.17, 15) is 17.6 Å². The molecule has 1 aromatic rings. The number of nitrogens with one attached hydrogen (secondary N) is 1. The summed E-state index contributed by atoms with van der Waals surface area (Å²) in [6.07, 6.45) is -4.60. The first-order chi connectivity index (χ1) is 7.45. The lowest BCUT2D eigenvalue weighted by Gasteiger charge is -2.07. The fourth-order valence-electron chi connectivity index (χ4n) is 0.943. The summed E-state index contributed by atoms with van der Waals surface area (Å²) in [5.74, 6) is -1.09. The van der Waals surface area contributed by atoms with E-state index in [1.54, 1.807) is 7.05 Å². The molecule has 0 aliphatic rings. The highest BCUT2D eigenvalue weighted by Gasteiger charge is 2.33. The van der Waals surface area contributed by atoms with Crippen LogP contribution in [0.25, 0.3) is 0 Å². The Labute approximate surface area is 91.7 Å². The second-order valence-corrected chi connectivity index (χ2v) is 2.67. The Bertz CT molecular complexity index is 323. The lowest BCUT2D eigenvalue weighted by Crippen LogP contribution is -2.13. The Morgan fingerprint density at radius 3 is 2.19 bits per heavy atom. The summed E-state index contributed by atoms with van der Waals surface area (Å²) in [6, 6.07) is 1.83. The van der Waals surface area contributed by atoms with Gasteiger partial charge in [0.25, 0.3) is 0 Å².